The summed E-state index contributed by atoms with van der Waals surface area (Å²) in [6.07, 6.45) is 0.594. The molecular formula is C21H23F3N2O4. The number of nitrogens with one attached hydrogen (secondary N) is 1. The van der Waals surface area contributed by atoms with E-state index in [0.717, 1.165) is 6.07 Å². The maximum atomic E-state index is 13.7. The fourth-order valence-electron chi connectivity index (χ4n) is 2.69. The highest BCUT2D eigenvalue weighted by atomic mass is 19.2. The summed E-state index contributed by atoms with van der Waals surface area (Å²) < 4.78 is 50.8. The van der Waals surface area contributed by atoms with Crippen LogP contribution in [0.5, 0.6) is 11.5 Å². The molecule has 0 radical (unpaired) electrons. The summed E-state index contributed by atoms with van der Waals surface area (Å²) in [5.74, 6) is -4.59. The number of halogens is 3. The number of para-hydroxylation sites is 2. The van der Waals surface area contributed by atoms with Gasteiger partial charge in [0.05, 0.1) is 32.4 Å². The number of anilines is 1. The second-order valence-electron chi connectivity index (χ2n) is 6.34. The summed E-state index contributed by atoms with van der Waals surface area (Å²) in [5.41, 5.74) is -0.498. The number of benzene rings is 2. The molecular weight excluding hydrogens is 401 g/mol. The minimum atomic E-state index is -1.68. The van der Waals surface area contributed by atoms with Gasteiger partial charge in [-0.15, -0.1) is 0 Å². The van der Waals surface area contributed by atoms with Gasteiger partial charge in [-0.2, -0.15) is 0 Å². The first-order valence-electron chi connectivity index (χ1n) is 9.34. The van der Waals surface area contributed by atoms with Gasteiger partial charge in [-0.1, -0.05) is 19.1 Å². The second-order valence-corrected chi connectivity index (χ2v) is 6.34. The Morgan fingerprint density at radius 2 is 1.73 bits per heavy atom. The molecule has 6 nitrogen and oxygen atoms in total. The van der Waals surface area contributed by atoms with Gasteiger partial charge in [-0.3, -0.25) is 9.59 Å². The molecule has 0 bridgehead atoms. The van der Waals surface area contributed by atoms with Crippen LogP contribution in [-0.4, -0.2) is 43.5 Å². The van der Waals surface area contributed by atoms with E-state index < -0.39 is 29.0 Å². The van der Waals surface area contributed by atoms with E-state index in [0.29, 0.717) is 30.5 Å². The van der Waals surface area contributed by atoms with Gasteiger partial charge in [0.25, 0.3) is 0 Å². The van der Waals surface area contributed by atoms with Crippen LogP contribution in [0.25, 0.3) is 0 Å². The second kappa shape index (κ2) is 11.1. The summed E-state index contributed by atoms with van der Waals surface area (Å²) in [7, 11) is 1.50. The van der Waals surface area contributed by atoms with Gasteiger partial charge in [0, 0.05) is 6.54 Å². The molecule has 0 saturated heterocycles. The molecule has 2 aromatic carbocycles. The molecule has 0 aliphatic heterocycles. The average molecular weight is 424 g/mol. The van der Waals surface area contributed by atoms with Crippen LogP contribution in [0.1, 0.15) is 19.8 Å². The third kappa shape index (κ3) is 6.13. The van der Waals surface area contributed by atoms with Crippen molar-refractivity contribution >= 4 is 17.5 Å². The molecule has 0 unspecified atom stereocenters. The van der Waals surface area contributed by atoms with E-state index in [1.807, 2.05) is 6.92 Å². The molecule has 0 aliphatic carbocycles. The van der Waals surface area contributed by atoms with Crippen molar-refractivity contribution in [3.05, 3.63) is 53.8 Å². The zero-order valence-electron chi connectivity index (χ0n) is 16.7. The van der Waals surface area contributed by atoms with Crippen molar-refractivity contribution in [2.75, 3.05) is 32.1 Å². The molecule has 162 valence electrons. The monoisotopic (exact) mass is 424 g/mol. The van der Waals surface area contributed by atoms with E-state index in [1.165, 1.54) is 12.0 Å². The topological polar surface area (TPSA) is 67.9 Å². The fraction of sp³-hybridized carbons (Fsp3) is 0.333. The Morgan fingerprint density at radius 1 is 1.03 bits per heavy atom. The van der Waals surface area contributed by atoms with Gasteiger partial charge < -0.3 is 19.7 Å². The van der Waals surface area contributed by atoms with Crippen molar-refractivity contribution in [2.45, 2.75) is 19.8 Å². The Morgan fingerprint density at radius 3 is 2.40 bits per heavy atom. The predicted octanol–water partition coefficient (Wildman–Crippen LogP) is 3.76. The molecule has 9 heteroatoms. The van der Waals surface area contributed by atoms with Crippen LogP contribution >= 0.6 is 0 Å². The highest BCUT2D eigenvalue weighted by Crippen LogP contribution is 2.25. The first-order valence-corrected chi connectivity index (χ1v) is 9.34. The molecule has 1 N–H and O–H groups in total. The number of carbonyl (C=O) groups excluding carboxylic acids is 2. The average Bonchev–Trinajstić information content (AvgIpc) is 2.74. The summed E-state index contributed by atoms with van der Waals surface area (Å²) in [6, 6.07) is 8.61. The Hall–Kier alpha value is -3.23. The lowest BCUT2D eigenvalue weighted by atomic mass is 10.2. The van der Waals surface area contributed by atoms with Gasteiger partial charge in [0.15, 0.2) is 29.0 Å². The number of nitrogens with zero attached hydrogens (tertiary/aromatic N) is 1. The molecule has 30 heavy (non-hydrogen) atoms. The Kier molecular flexibility index (Phi) is 8.52. The first-order chi connectivity index (χ1) is 14.4. The quantitative estimate of drug-likeness (QED) is 0.590. The molecule has 2 rings (SSSR count). The highest BCUT2D eigenvalue weighted by Gasteiger charge is 2.19. The van der Waals surface area contributed by atoms with Gasteiger partial charge in [-0.25, -0.2) is 13.2 Å². The standard InChI is InChI=1S/C21H23F3N2O4/c1-3-11-26(13-18(27)25-15-9-8-14(22)20(23)21(15)24)19(28)10-12-30-17-7-5-4-6-16(17)29-2/h4-9H,3,10-13H2,1-2H3,(H,25,27). The number of carbonyl (C=O) groups is 2. The SMILES string of the molecule is CCCN(CC(=O)Nc1ccc(F)c(F)c1F)C(=O)CCOc1ccccc1OC. The Labute approximate surface area is 172 Å². The largest absolute Gasteiger partial charge is 0.493 e. The minimum Gasteiger partial charge on any atom is -0.493 e. The van der Waals surface area contributed by atoms with Gasteiger partial charge in [-0.05, 0) is 30.7 Å². The van der Waals surface area contributed by atoms with Crippen molar-refractivity contribution in [1.82, 2.24) is 4.90 Å². The zero-order chi connectivity index (χ0) is 22.1. The Balaban J connectivity index is 1.93. The molecule has 2 aromatic rings. The van der Waals surface area contributed by atoms with Crippen molar-refractivity contribution < 1.29 is 32.2 Å². The van der Waals surface area contributed by atoms with E-state index in [9.17, 15) is 22.8 Å². The fourth-order valence-corrected chi connectivity index (χ4v) is 2.69. The molecule has 0 fully saturated rings. The van der Waals surface area contributed by atoms with Crippen molar-refractivity contribution in [3.63, 3.8) is 0 Å². The smallest absolute Gasteiger partial charge is 0.244 e. The van der Waals surface area contributed by atoms with Gasteiger partial charge in [0.1, 0.15) is 0 Å². The van der Waals surface area contributed by atoms with E-state index in [4.69, 9.17) is 9.47 Å². The first kappa shape index (κ1) is 23.1. The van der Waals surface area contributed by atoms with Crippen molar-refractivity contribution in [3.8, 4) is 11.5 Å². The molecule has 0 saturated carbocycles. The van der Waals surface area contributed by atoms with E-state index >= 15 is 0 Å². The number of amides is 2. The third-order valence-electron chi connectivity index (χ3n) is 4.13. The molecule has 0 aromatic heterocycles. The van der Waals surface area contributed by atoms with Crippen LogP contribution in [0.2, 0.25) is 0 Å². The summed E-state index contributed by atoms with van der Waals surface area (Å²) >= 11 is 0. The Bertz CT molecular complexity index is 893. The van der Waals surface area contributed by atoms with Gasteiger partial charge >= 0.3 is 0 Å². The number of hydrogen-bond donors (Lipinski definition) is 1. The molecule has 0 heterocycles. The lowest BCUT2D eigenvalue weighted by Gasteiger charge is -2.22. The summed E-state index contributed by atoms with van der Waals surface area (Å²) in [4.78, 5) is 26.0. The van der Waals surface area contributed by atoms with Crippen molar-refractivity contribution in [1.29, 1.82) is 0 Å². The zero-order valence-corrected chi connectivity index (χ0v) is 16.7. The van der Waals surface area contributed by atoms with Crippen LogP contribution in [-0.2, 0) is 9.59 Å². The van der Waals surface area contributed by atoms with Crippen molar-refractivity contribution in [2.24, 2.45) is 0 Å². The summed E-state index contributed by atoms with van der Waals surface area (Å²) in [5, 5.41) is 2.16. The molecule has 0 spiro atoms. The molecule has 0 aliphatic rings. The molecule has 2 amide bonds. The minimum absolute atomic E-state index is 0.00483. The maximum Gasteiger partial charge on any atom is 0.244 e. The van der Waals surface area contributed by atoms with Crippen LogP contribution in [0.15, 0.2) is 36.4 Å². The predicted molar refractivity (Wildman–Crippen MR) is 105 cm³/mol. The number of methoxy groups -OCH3 is 1. The lowest BCUT2D eigenvalue weighted by molar-refractivity contribution is -0.135. The normalized spacial score (nSPS) is 10.4. The van der Waals surface area contributed by atoms with E-state index in [-0.39, 0.29) is 25.5 Å². The molecule has 0 atom stereocenters. The number of hydrogen-bond acceptors (Lipinski definition) is 4. The summed E-state index contributed by atoms with van der Waals surface area (Å²) in [6.45, 7) is 1.83. The number of ether oxygens (including phenoxy) is 2. The van der Waals surface area contributed by atoms with Crippen LogP contribution in [0, 0.1) is 17.5 Å². The van der Waals surface area contributed by atoms with E-state index in [2.05, 4.69) is 5.32 Å². The highest BCUT2D eigenvalue weighted by molar-refractivity contribution is 5.94. The van der Waals surface area contributed by atoms with Gasteiger partial charge in [0.2, 0.25) is 11.8 Å². The maximum absolute atomic E-state index is 13.7. The van der Waals surface area contributed by atoms with E-state index in [1.54, 1.807) is 24.3 Å². The third-order valence-corrected chi connectivity index (χ3v) is 4.13. The lowest BCUT2D eigenvalue weighted by Crippen LogP contribution is -2.39. The van der Waals surface area contributed by atoms with Crippen LogP contribution in [0.3, 0.4) is 0 Å². The van der Waals surface area contributed by atoms with Crippen LogP contribution in [0.4, 0.5) is 18.9 Å². The number of rotatable bonds is 10. The van der Waals surface area contributed by atoms with Crippen LogP contribution < -0.4 is 14.8 Å².